The molecule has 0 N–H and O–H groups in total. The molecule has 0 aliphatic rings. The summed E-state index contributed by atoms with van der Waals surface area (Å²) in [5, 5.41) is 0. The fourth-order valence-corrected chi connectivity index (χ4v) is 0. The Labute approximate surface area is 84.7 Å². The fraction of sp³-hybridized carbons (Fsp3) is 0. The van der Waals surface area contributed by atoms with Gasteiger partial charge in [-0.15, -0.1) is 0 Å². The smallest absolute Gasteiger partial charge is 0 e. The van der Waals surface area contributed by atoms with Gasteiger partial charge in [-0.2, -0.15) is 0 Å². The summed E-state index contributed by atoms with van der Waals surface area (Å²) in [4.78, 5) is 0. The molecule has 0 aromatic rings. The zero-order valence-corrected chi connectivity index (χ0v) is 1.56. The van der Waals surface area contributed by atoms with E-state index in [1.54, 1.807) is 0 Å². The second-order valence-electron chi connectivity index (χ2n) is 0. The molecule has 0 atom stereocenters. The van der Waals surface area contributed by atoms with E-state index in [2.05, 4.69) is 0 Å². The van der Waals surface area contributed by atoms with Crippen LogP contribution in [0.4, 0.5) is 0 Å². The molecule has 0 saturated carbocycles. The van der Waals surface area contributed by atoms with Gasteiger partial charge in [-0.25, -0.2) is 0 Å². The van der Waals surface area contributed by atoms with Crippen LogP contribution in [0.25, 0.3) is 0 Å². The van der Waals surface area contributed by atoms with Crippen LogP contribution in [0.15, 0.2) is 0 Å². The van der Waals surface area contributed by atoms with E-state index in [1.165, 1.54) is 0 Å². The summed E-state index contributed by atoms with van der Waals surface area (Å²) in [6, 6.07) is 0. The Bertz CT molecular complexity index is 8.00. The molecule has 0 heterocycles. The Morgan fingerprint density at radius 2 is 1.00 bits per heavy atom. The fourth-order valence-electron chi connectivity index (χ4n) is 0. The Hall–Kier alpha value is 2.61. The first kappa shape index (κ1) is 30.5. The van der Waals surface area contributed by atoms with Crippen molar-refractivity contribution in [2.24, 2.45) is 0 Å². The molecule has 0 nitrogen and oxygen atoms in total. The summed E-state index contributed by atoms with van der Waals surface area (Å²) >= 11 is 0. The minimum absolute atomic E-state index is 0. The van der Waals surface area contributed by atoms with Crippen molar-refractivity contribution in [1.82, 2.24) is 0 Å². The van der Waals surface area contributed by atoms with Gasteiger partial charge in [0.05, 0.1) is 8.41 Å². The number of rotatable bonds is 0. The molecular weight excluding hydrogens is 130 g/mol. The van der Waals surface area contributed by atoms with Gasteiger partial charge < -0.3 is 0 Å². The van der Waals surface area contributed by atoms with Gasteiger partial charge in [-0.05, 0) is 0 Å². The Morgan fingerprint density at radius 1 is 1.00 bits per heavy atom. The first-order valence-corrected chi connectivity index (χ1v) is 0. The molecule has 0 bridgehead atoms. The van der Waals surface area contributed by atoms with Gasteiger partial charge in [0.25, 0.3) is 0 Å². The van der Waals surface area contributed by atoms with Crippen molar-refractivity contribution in [2.45, 2.75) is 0 Å². The van der Waals surface area contributed by atoms with Gasteiger partial charge in [0, 0.05) is 17.1 Å². The van der Waals surface area contributed by atoms with Crippen molar-refractivity contribution in [3.05, 3.63) is 0 Å². The molecule has 0 aliphatic heterocycles. The van der Waals surface area contributed by atoms with Crippen LogP contribution in [-0.2, 0) is 17.1 Å². The molecule has 4 heavy (non-hydrogen) atoms. The first-order valence-electron chi connectivity index (χ1n) is 0. The molecule has 0 aliphatic carbocycles. The summed E-state index contributed by atoms with van der Waals surface area (Å²) < 4.78 is 0. The molecule has 0 saturated heterocycles. The van der Waals surface area contributed by atoms with Crippen LogP contribution in [0, 0.1) is 0 Å². The van der Waals surface area contributed by atoms with Crippen LogP contribution >= 0.6 is 0 Å². The Balaban J connectivity index is 0. The predicted molar refractivity (Wildman–Crippen MR) is 27.0 cm³/mol. The molecular formula is H7BCaMgMn. The third-order valence-electron chi connectivity index (χ3n) is 0. The van der Waals surface area contributed by atoms with E-state index >= 15 is 0 Å². The topological polar surface area (TPSA) is 0 Å². The van der Waals surface area contributed by atoms with E-state index in [1.807, 2.05) is 0 Å². The van der Waals surface area contributed by atoms with E-state index in [4.69, 9.17) is 0 Å². The number of hydrogen-bond donors (Lipinski definition) is 0. The zero-order chi connectivity index (χ0) is 0. The molecule has 4 heteroatoms. The summed E-state index contributed by atoms with van der Waals surface area (Å²) in [6.07, 6.45) is 0. The van der Waals surface area contributed by atoms with Gasteiger partial charge in [0.2, 0.25) is 0 Å². The van der Waals surface area contributed by atoms with Crippen molar-refractivity contribution in [3.63, 3.8) is 0 Å². The monoisotopic (exact) mass is 137 g/mol. The average molecular weight is 137 g/mol. The van der Waals surface area contributed by atoms with Crippen LogP contribution in [0.2, 0.25) is 0 Å². The standard InChI is InChI=1S/BH3.Ca.Mg.Mn.4H/h1H3;;;;;;;. The molecule has 0 spiro atoms. The third kappa shape index (κ3) is 8.82. The predicted octanol–water partition coefficient (Wildman–Crippen LogP) is -3.02. The SMILES string of the molecule is B.[CaH2].[MgH2].[Mn]. The van der Waals surface area contributed by atoms with Gasteiger partial charge >= 0.3 is 60.8 Å². The molecule has 0 unspecified atom stereocenters. The quantitative estimate of drug-likeness (QED) is 0.312. The van der Waals surface area contributed by atoms with E-state index in [-0.39, 0.29) is 86.3 Å². The van der Waals surface area contributed by atoms with Gasteiger partial charge in [-0.1, -0.05) is 0 Å². The van der Waals surface area contributed by atoms with Crippen molar-refractivity contribution >= 4 is 69.2 Å². The molecule has 0 rings (SSSR count). The molecule has 0 fully saturated rings. The maximum absolute atomic E-state index is 0. The van der Waals surface area contributed by atoms with E-state index in [0.717, 1.165) is 0 Å². The summed E-state index contributed by atoms with van der Waals surface area (Å²) in [6.45, 7) is 0. The first-order chi connectivity index (χ1) is 0. The molecule has 21 valence electrons. The summed E-state index contributed by atoms with van der Waals surface area (Å²) in [5.41, 5.74) is 0. The van der Waals surface area contributed by atoms with Crippen LogP contribution in [0.5, 0.6) is 0 Å². The maximum atomic E-state index is 0. The van der Waals surface area contributed by atoms with Crippen molar-refractivity contribution < 1.29 is 17.1 Å². The molecule has 1 radical (unpaired) electrons. The van der Waals surface area contributed by atoms with Gasteiger partial charge in [0.1, 0.15) is 0 Å². The van der Waals surface area contributed by atoms with Crippen molar-refractivity contribution in [2.75, 3.05) is 0 Å². The third-order valence-corrected chi connectivity index (χ3v) is 0. The van der Waals surface area contributed by atoms with Crippen LogP contribution in [-0.4, -0.2) is 69.2 Å². The zero-order valence-electron chi connectivity index (χ0n) is 0.378. The van der Waals surface area contributed by atoms with E-state index < -0.39 is 0 Å². The van der Waals surface area contributed by atoms with Crippen molar-refractivity contribution in [3.8, 4) is 0 Å². The minimum Gasteiger partial charge on any atom is 0 e. The minimum atomic E-state index is 0. The number of hydrogen-bond acceptors (Lipinski definition) is 0. The Morgan fingerprint density at radius 3 is 1.00 bits per heavy atom. The second-order valence-corrected chi connectivity index (χ2v) is 0. The molecule has 0 amide bonds. The van der Waals surface area contributed by atoms with Crippen molar-refractivity contribution in [1.29, 1.82) is 0 Å². The maximum Gasteiger partial charge on any atom is 0.316 e. The second kappa shape index (κ2) is 17.5. The summed E-state index contributed by atoms with van der Waals surface area (Å²) in [5.74, 6) is 0. The van der Waals surface area contributed by atoms with Gasteiger partial charge in [0.15, 0.2) is 0 Å². The Kier molecular flexibility index (Phi) is 134. The van der Waals surface area contributed by atoms with Crippen LogP contribution < -0.4 is 0 Å². The average Bonchev–Trinajstić information content (AvgIpc) is 0. The molecule has 0 aromatic heterocycles. The van der Waals surface area contributed by atoms with E-state index in [9.17, 15) is 0 Å². The van der Waals surface area contributed by atoms with E-state index in [0.29, 0.717) is 0 Å². The largest absolute Gasteiger partial charge is 0.316 e. The van der Waals surface area contributed by atoms with Crippen LogP contribution in [0.3, 0.4) is 0 Å². The van der Waals surface area contributed by atoms with Crippen LogP contribution in [0.1, 0.15) is 0 Å². The van der Waals surface area contributed by atoms with Gasteiger partial charge in [-0.3, -0.25) is 0 Å². The molecule has 0 aromatic carbocycles. The normalized spacial score (nSPS) is 0. The summed E-state index contributed by atoms with van der Waals surface area (Å²) in [7, 11) is 0.